The summed E-state index contributed by atoms with van der Waals surface area (Å²) in [7, 11) is 1.54. The van der Waals surface area contributed by atoms with Crippen LogP contribution in [0.25, 0.3) is 0 Å². The van der Waals surface area contributed by atoms with Crippen LogP contribution in [-0.4, -0.2) is 53.4 Å². The molecule has 0 radical (unpaired) electrons. The molecule has 2 aliphatic rings. The number of fused-ring (bicyclic) bond motifs is 1. The Balaban J connectivity index is 1.86. The van der Waals surface area contributed by atoms with Gasteiger partial charge in [0, 0.05) is 25.0 Å². The fourth-order valence-electron chi connectivity index (χ4n) is 4.89. The van der Waals surface area contributed by atoms with Crippen molar-refractivity contribution in [2.75, 3.05) is 26.7 Å². The maximum Gasteiger partial charge on any atom is 0.234 e. The first-order chi connectivity index (χ1) is 13.5. The molecule has 0 spiro atoms. The third-order valence-electron chi connectivity index (χ3n) is 6.42. The predicted molar refractivity (Wildman–Crippen MR) is 108 cm³/mol. The van der Waals surface area contributed by atoms with E-state index < -0.39 is 5.60 Å². The summed E-state index contributed by atoms with van der Waals surface area (Å²) in [6.45, 7) is 3.81. The van der Waals surface area contributed by atoms with E-state index in [-0.39, 0.29) is 23.6 Å². The summed E-state index contributed by atoms with van der Waals surface area (Å²) in [6, 6.07) is 5.32. The van der Waals surface area contributed by atoms with Gasteiger partial charge in [-0.05, 0) is 43.4 Å². The molecule has 28 heavy (non-hydrogen) atoms. The van der Waals surface area contributed by atoms with Gasteiger partial charge in [0.1, 0.15) is 0 Å². The van der Waals surface area contributed by atoms with Crippen LogP contribution in [0.4, 0.5) is 0 Å². The molecule has 1 saturated heterocycles. The second kappa shape index (κ2) is 9.14. The Bertz CT molecular complexity index is 681. The quantitative estimate of drug-likeness (QED) is 0.624. The number of carbonyl (C=O) groups excluding carboxylic acids is 1. The lowest BCUT2D eigenvalue weighted by molar-refractivity contribution is -0.137. The maximum absolute atomic E-state index is 12.5. The lowest BCUT2D eigenvalue weighted by atomic mass is 9.66. The summed E-state index contributed by atoms with van der Waals surface area (Å²) < 4.78 is 5.31. The molecule has 1 heterocycles. The van der Waals surface area contributed by atoms with Crippen LogP contribution < -0.4 is 10.1 Å². The zero-order chi connectivity index (χ0) is 20.1. The van der Waals surface area contributed by atoms with Crippen molar-refractivity contribution in [3.63, 3.8) is 0 Å². The van der Waals surface area contributed by atoms with E-state index in [1.165, 1.54) is 7.11 Å². The second-order valence-electron chi connectivity index (χ2n) is 8.26. The molecule has 1 aliphatic carbocycles. The van der Waals surface area contributed by atoms with E-state index in [0.29, 0.717) is 31.8 Å². The largest absolute Gasteiger partial charge is 0.504 e. The molecule has 6 nitrogen and oxygen atoms in total. The molecule has 3 N–H and O–H groups in total. The number of nitrogens with zero attached hydrogens (tertiary/aromatic N) is 1. The van der Waals surface area contributed by atoms with Crippen molar-refractivity contribution in [1.82, 2.24) is 10.2 Å². The first-order valence-electron chi connectivity index (χ1n) is 10.6. The monoisotopic (exact) mass is 390 g/mol. The average molecular weight is 391 g/mol. The average Bonchev–Trinajstić information content (AvgIpc) is 2.69. The minimum Gasteiger partial charge on any atom is -0.504 e. The first kappa shape index (κ1) is 20.9. The van der Waals surface area contributed by atoms with Crippen LogP contribution in [0.3, 0.4) is 0 Å². The number of benzene rings is 1. The highest BCUT2D eigenvalue weighted by Crippen LogP contribution is 2.49. The predicted octanol–water partition coefficient (Wildman–Crippen LogP) is 2.99. The number of phenols is 1. The van der Waals surface area contributed by atoms with Crippen LogP contribution in [0.15, 0.2) is 18.2 Å². The molecule has 1 amide bonds. The summed E-state index contributed by atoms with van der Waals surface area (Å²) in [6.07, 6.45) is 6.64. The molecule has 1 aromatic carbocycles. The van der Waals surface area contributed by atoms with E-state index >= 15 is 0 Å². The SMILES string of the molecule is CCCCNC(=O)CN1CC[C@@]2(O)CCCC[C@@H]2[C@@H]1c1ccc(O)c(OC)c1. The van der Waals surface area contributed by atoms with E-state index in [1.807, 2.05) is 12.1 Å². The van der Waals surface area contributed by atoms with Gasteiger partial charge in [-0.25, -0.2) is 0 Å². The lowest BCUT2D eigenvalue weighted by Gasteiger charge is -2.52. The van der Waals surface area contributed by atoms with Crippen molar-refractivity contribution >= 4 is 5.91 Å². The molecule has 156 valence electrons. The Labute approximate surface area is 167 Å². The topological polar surface area (TPSA) is 82.0 Å². The Hall–Kier alpha value is -1.79. The number of phenolic OH excluding ortho intramolecular Hbond substituents is 1. The van der Waals surface area contributed by atoms with Crippen LogP contribution in [0, 0.1) is 5.92 Å². The molecule has 1 aliphatic heterocycles. The van der Waals surface area contributed by atoms with E-state index in [4.69, 9.17) is 4.74 Å². The molecule has 0 unspecified atom stereocenters. The standard InChI is InChI=1S/C22H34N2O4/c1-3-4-12-23-20(26)15-24-13-11-22(27)10-6-5-7-17(22)21(24)16-8-9-18(25)19(14-16)28-2/h8-9,14,17,21,25,27H,3-7,10-13,15H2,1-2H3,(H,23,26)/t17-,21+,22+/m1/s1. The number of aliphatic hydroxyl groups is 1. The Morgan fingerprint density at radius 1 is 1.36 bits per heavy atom. The zero-order valence-corrected chi connectivity index (χ0v) is 17.1. The molecular weight excluding hydrogens is 356 g/mol. The van der Waals surface area contributed by atoms with Gasteiger partial charge in [0.05, 0.1) is 19.3 Å². The smallest absolute Gasteiger partial charge is 0.234 e. The number of methoxy groups -OCH3 is 1. The van der Waals surface area contributed by atoms with Crippen molar-refractivity contribution in [3.8, 4) is 11.5 Å². The highest BCUT2D eigenvalue weighted by Gasteiger charge is 2.49. The number of hydrogen-bond donors (Lipinski definition) is 3. The minimum absolute atomic E-state index is 0.0328. The van der Waals surface area contributed by atoms with Gasteiger partial charge in [-0.1, -0.05) is 32.3 Å². The fourth-order valence-corrected chi connectivity index (χ4v) is 4.89. The molecule has 2 fully saturated rings. The Morgan fingerprint density at radius 2 is 2.18 bits per heavy atom. The number of hydrogen-bond acceptors (Lipinski definition) is 5. The van der Waals surface area contributed by atoms with Gasteiger partial charge in [0.25, 0.3) is 0 Å². The van der Waals surface area contributed by atoms with Gasteiger partial charge < -0.3 is 20.3 Å². The van der Waals surface area contributed by atoms with Crippen LogP contribution in [0.1, 0.15) is 63.5 Å². The number of aromatic hydroxyl groups is 1. The lowest BCUT2D eigenvalue weighted by Crippen LogP contribution is -2.56. The molecule has 0 bridgehead atoms. The number of nitrogens with one attached hydrogen (secondary N) is 1. The summed E-state index contributed by atoms with van der Waals surface area (Å²) in [4.78, 5) is 14.7. The molecule has 1 aromatic rings. The summed E-state index contributed by atoms with van der Waals surface area (Å²) >= 11 is 0. The number of likely N-dealkylation sites (tertiary alicyclic amines) is 1. The first-order valence-corrected chi connectivity index (χ1v) is 10.6. The van der Waals surface area contributed by atoms with Crippen molar-refractivity contribution in [1.29, 1.82) is 0 Å². The van der Waals surface area contributed by atoms with E-state index in [1.54, 1.807) is 6.07 Å². The number of piperidine rings is 1. The van der Waals surface area contributed by atoms with E-state index in [9.17, 15) is 15.0 Å². The highest BCUT2D eigenvalue weighted by molar-refractivity contribution is 5.78. The van der Waals surface area contributed by atoms with Gasteiger partial charge >= 0.3 is 0 Å². The van der Waals surface area contributed by atoms with Crippen LogP contribution >= 0.6 is 0 Å². The van der Waals surface area contributed by atoms with Crippen LogP contribution in [0.2, 0.25) is 0 Å². The number of amides is 1. The second-order valence-corrected chi connectivity index (χ2v) is 8.26. The van der Waals surface area contributed by atoms with Gasteiger partial charge in [-0.15, -0.1) is 0 Å². The van der Waals surface area contributed by atoms with Crippen molar-refractivity contribution < 1.29 is 19.7 Å². The third-order valence-corrected chi connectivity index (χ3v) is 6.42. The van der Waals surface area contributed by atoms with E-state index in [0.717, 1.165) is 44.1 Å². The summed E-state index contributed by atoms with van der Waals surface area (Å²) in [5, 5.41) is 24.3. The molecule has 3 atom stereocenters. The van der Waals surface area contributed by atoms with Crippen molar-refractivity contribution in [3.05, 3.63) is 23.8 Å². The molecule has 0 aromatic heterocycles. The highest BCUT2D eigenvalue weighted by atomic mass is 16.5. The maximum atomic E-state index is 12.5. The third kappa shape index (κ3) is 4.44. The van der Waals surface area contributed by atoms with Gasteiger partial charge in [0.15, 0.2) is 11.5 Å². The number of rotatable bonds is 7. The van der Waals surface area contributed by atoms with Crippen LogP contribution in [-0.2, 0) is 4.79 Å². The molecule has 3 rings (SSSR count). The van der Waals surface area contributed by atoms with Crippen molar-refractivity contribution in [2.45, 2.75) is 63.5 Å². The molecule has 1 saturated carbocycles. The normalized spacial score (nSPS) is 27.8. The van der Waals surface area contributed by atoms with Crippen LogP contribution in [0.5, 0.6) is 11.5 Å². The van der Waals surface area contributed by atoms with Gasteiger partial charge in [-0.2, -0.15) is 0 Å². The number of ether oxygens (including phenoxy) is 1. The minimum atomic E-state index is -0.677. The zero-order valence-electron chi connectivity index (χ0n) is 17.1. The van der Waals surface area contributed by atoms with Gasteiger partial charge in [-0.3, -0.25) is 9.69 Å². The summed E-state index contributed by atoms with van der Waals surface area (Å²) in [5.74, 6) is 0.637. The Morgan fingerprint density at radius 3 is 2.93 bits per heavy atom. The number of unbranched alkanes of at least 4 members (excludes halogenated alkanes) is 1. The fraction of sp³-hybridized carbons (Fsp3) is 0.682. The van der Waals surface area contributed by atoms with Gasteiger partial charge in [0.2, 0.25) is 5.91 Å². The van der Waals surface area contributed by atoms with E-state index in [2.05, 4.69) is 17.1 Å². The molecular formula is C22H34N2O4. The Kier molecular flexibility index (Phi) is 6.83. The number of carbonyl (C=O) groups is 1. The molecule has 6 heteroatoms. The summed E-state index contributed by atoms with van der Waals surface area (Å²) in [5.41, 5.74) is 0.310. The van der Waals surface area contributed by atoms with Crippen molar-refractivity contribution in [2.24, 2.45) is 5.92 Å².